The predicted molar refractivity (Wildman–Crippen MR) is 49.2 cm³/mol. The summed E-state index contributed by atoms with van der Waals surface area (Å²) in [6.45, 7) is 3.15. The Balaban J connectivity index is 3.02. The van der Waals surface area contributed by atoms with E-state index < -0.39 is 11.4 Å². The summed E-state index contributed by atoms with van der Waals surface area (Å²) in [5.41, 5.74) is -0.620. The first-order valence-corrected chi connectivity index (χ1v) is 4.08. The molecular weight excluding hydrogens is 184 g/mol. The molecule has 1 N–H and O–H groups in total. The quantitative estimate of drug-likeness (QED) is 0.775. The summed E-state index contributed by atoms with van der Waals surface area (Å²) in [6, 6.07) is 0. The van der Waals surface area contributed by atoms with Crippen molar-refractivity contribution in [2.45, 2.75) is 19.3 Å². The van der Waals surface area contributed by atoms with Crippen molar-refractivity contribution in [2.75, 3.05) is 7.11 Å². The molecule has 0 fully saturated rings. The zero-order valence-electron chi connectivity index (χ0n) is 8.31. The van der Waals surface area contributed by atoms with E-state index in [0.717, 1.165) is 0 Å². The van der Waals surface area contributed by atoms with Crippen LogP contribution in [0.5, 0.6) is 5.88 Å². The molecule has 0 unspecified atom stereocenters. The number of methoxy groups -OCH3 is 1. The summed E-state index contributed by atoms with van der Waals surface area (Å²) in [6.07, 6.45) is 2.81. The van der Waals surface area contributed by atoms with Crippen LogP contribution in [0.25, 0.3) is 0 Å². The highest BCUT2D eigenvalue weighted by molar-refractivity contribution is 5.79. The van der Waals surface area contributed by atoms with Crippen molar-refractivity contribution in [2.24, 2.45) is 0 Å². The molecule has 5 heteroatoms. The van der Waals surface area contributed by atoms with Crippen molar-refractivity contribution in [1.29, 1.82) is 0 Å². The molecule has 0 bridgehead atoms. The number of aromatic nitrogens is 2. The van der Waals surface area contributed by atoms with Crippen LogP contribution < -0.4 is 4.74 Å². The van der Waals surface area contributed by atoms with Gasteiger partial charge in [0.25, 0.3) is 0 Å². The molecular formula is C9H12N2O3. The van der Waals surface area contributed by atoms with Gasteiger partial charge in [-0.2, -0.15) is 0 Å². The molecule has 14 heavy (non-hydrogen) atoms. The molecule has 1 rings (SSSR count). The molecule has 0 aliphatic rings. The number of hydrogen-bond donors (Lipinski definition) is 1. The van der Waals surface area contributed by atoms with Crippen LogP contribution in [-0.2, 0) is 10.2 Å². The van der Waals surface area contributed by atoms with Crippen LogP contribution in [0, 0.1) is 0 Å². The lowest BCUT2D eigenvalue weighted by Crippen LogP contribution is -2.29. The Bertz CT molecular complexity index is 332. The highest BCUT2D eigenvalue weighted by atomic mass is 16.5. The molecule has 5 nitrogen and oxygen atoms in total. The summed E-state index contributed by atoms with van der Waals surface area (Å²) in [4.78, 5) is 18.7. The van der Waals surface area contributed by atoms with E-state index in [1.807, 2.05) is 0 Å². The number of hydrogen-bond acceptors (Lipinski definition) is 4. The summed E-state index contributed by atoms with van der Waals surface area (Å²) in [5, 5.41) is 8.92. The Hall–Kier alpha value is -1.65. The third-order valence-electron chi connectivity index (χ3n) is 2.01. The number of carbonyl (C=O) groups is 1. The smallest absolute Gasteiger partial charge is 0.315 e. The lowest BCUT2D eigenvalue weighted by atomic mass is 9.90. The van der Waals surface area contributed by atoms with Gasteiger partial charge in [-0.1, -0.05) is 0 Å². The third-order valence-corrected chi connectivity index (χ3v) is 2.01. The Morgan fingerprint density at radius 2 is 2.07 bits per heavy atom. The largest absolute Gasteiger partial charge is 0.481 e. The van der Waals surface area contributed by atoms with Crippen LogP contribution in [0.15, 0.2) is 12.4 Å². The van der Waals surface area contributed by atoms with Gasteiger partial charge in [0.05, 0.1) is 25.2 Å². The summed E-state index contributed by atoms with van der Waals surface area (Å²) in [7, 11) is 1.48. The van der Waals surface area contributed by atoms with Gasteiger partial charge in [0, 0.05) is 0 Å². The number of aliphatic carboxylic acids is 1. The molecule has 0 radical (unpaired) electrons. The highest BCUT2D eigenvalue weighted by Crippen LogP contribution is 2.21. The molecule has 0 saturated carbocycles. The van der Waals surface area contributed by atoms with Gasteiger partial charge in [-0.25, -0.2) is 4.98 Å². The fourth-order valence-electron chi connectivity index (χ4n) is 0.854. The predicted octanol–water partition coefficient (Wildman–Crippen LogP) is 0.847. The lowest BCUT2D eigenvalue weighted by molar-refractivity contribution is -0.142. The van der Waals surface area contributed by atoms with Gasteiger partial charge in [-0.05, 0) is 13.8 Å². The Kier molecular flexibility index (Phi) is 2.69. The van der Waals surface area contributed by atoms with Gasteiger partial charge in [-0.3, -0.25) is 9.78 Å². The van der Waals surface area contributed by atoms with Gasteiger partial charge < -0.3 is 9.84 Å². The van der Waals surface area contributed by atoms with Gasteiger partial charge >= 0.3 is 5.97 Å². The van der Waals surface area contributed by atoms with E-state index >= 15 is 0 Å². The standard InChI is InChI=1S/C9H12N2O3/c1-9(2,8(12)13)6-4-11-7(14-3)5-10-6/h4-5H,1-3H3,(H,12,13). The maximum atomic E-state index is 10.9. The first-order chi connectivity index (χ1) is 6.48. The molecule has 1 aromatic heterocycles. The monoisotopic (exact) mass is 196 g/mol. The molecule has 0 aliphatic heterocycles. The van der Waals surface area contributed by atoms with E-state index in [1.54, 1.807) is 13.8 Å². The fourth-order valence-corrected chi connectivity index (χ4v) is 0.854. The van der Waals surface area contributed by atoms with Crippen LogP contribution >= 0.6 is 0 Å². The Morgan fingerprint density at radius 1 is 1.43 bits per heavy atom. The summed E-state index contributed by atoms with van der Waals surface area (Å²) >= 11 is 0. The Morgan fingerprint density at radius 3 is 2.43 bits per heavy atom. The van der Waals surface area contributed by atoms with Crippen molar-refractivity contribution in [3.8, 4) is 5.88 Å². The van der Waals surface area contributed by atoms with Crippen LogP contribution in [0.3, 0.4) is 0 Å². The normalized spacial score (nSPS) is 11.1. The number of rotatable bonds is 3. The van der Waals surface area contributed by atoms with Crippen molar-refractivity contribution < 1.29 is 14.6 Å². The molecule has 1 aromatic rings. The highest BCUT2D eigenvalue weighted by Gasteiger charge is 2.31. The number of carboxylic acid groups (broad SMARTS) is 1. The van der Waals surface area contributed by atoms with Crippen LogP contribution in [0.4, 0.5) is 0 Å². The summed E-state index contributed by atoms with van der Waals surface area (Å²) < 4.78 is 4.82. The van der Waals surface area contributed by atoms with E-state index in [4.69, 9.17) is 9.84 Å². The van der Waals surface area contributed by atoms with Gasteiger partial charge in [0.2, 0.25) is 5.88 Å². The van der Waals surface area contributed by atoms with Gasteiger partial charge in [0.15, 0.2) is 0 Å². The zero-order valence-corrected chi connectivity index (χ0v) is 8.31. The second kappa shape index (κ2) is 3.61. The second-order valence-corrected chi connectivity index (χ2v) is 3.37. The van der Waals surface area contributed by atoms with Crippen LogP contribution in [0.2, 0.25) is 0 Å². The maximum Gasteiger partial charge on any atom is 0.315 e. The van der Waals surface area contributed by atoms with E-state index in [-0.39, 0.29) is 0 Å². The number of carboxylic acids is 1. The number of ether oxygens (including phenoxy) is 1. The SMILES string of the molecule is COc1cnc(C(C)(C)C(=O)O)cn1. The minimum Gasteiger partial charge on any atom is -0.481 e. The maximum absolute atomic E-state index is 10.9. The molecule has 0 saturated heterocycles. The van der Waals surface area contributed by atoms with E-state index in [9.17, 15) is 4.79 Å². The van der Waals surface area contributed by atoms with E-state index in [1.165, 1.54) is 19.5 Å². The molecule has 76 valence electrons. The molecule has 0 spiro atoms. The summed E-state index contributed by atoms with van der Waals surface area (Å²) in [5.74, 6) is -0.563. The lowest BCUT2D eigenvalue weighted by Gasteiger charge is -2.17. The molecule has 0 aromatic carbocycles. The minimum absolute atomic E-state index is 0.370. The topological polar surface area (TPSA) is 72.3 Å². The van der Waals surface area contributed by atoms with E-state index in [0.29, 0.717) is 11.6 Å². The van der Waals surface area contributed by atoms with Gasteiger partial charge in [0.1, 0.15) is 5.41 Å². The van der Waals surface area contributed by atoms with Crippen molar-refractivity contribution >= 4 is 5.97 Å². The van der Waals surface area contributed by atoms with Crippen molar-refractivity contribution in [3.63, 3.8) is 0 Å². The molecule has 0 atom stereocenters. The number of nitrogens with zero attached hydrogens (tertiary/aromatic N) is 2. The molecule has 0 aliphatic carbocycles. The average Bonchev–Trinajstić information content (AvgIpc) is 2.17. The first-order valence-electron chi connectivity index (χ1n) is 4.08. The van der Waals surface area contributed by atoms with Crippen molar-refractivity contribution in [1.82, 2.24) is 9.97 Å². The van der Waals surface area contributed by atoms with Crippen LogP contribution in [0.1, 0.15) is 19.5 Å². The van der Waals surface area contributed by atoms with Crippen LogP contribution in [-0.4, -0.2) is 28.2 Å². The van der Waals surface area contributed by atoms with E-state index in [2.05, 4.69) is 9.97 Å². The second-order valence-electron chi connectivity index (χ2n) is 3.37. The van der Waals surface area contributed by atoms with Crippen molar-refractivity contribution in [3.05, 3.63) is 18.1 Å². The first kappa shape index (κ1) is 10.4. The third kappa shape index (κ3) is 1.81. The zero-order chi connectivity index (χ0) is 10.8. The minimum atomic E-state index is -1.03. The van der Waals surface area contributed by atoms with Gasteiger partial charge in [-0.15, -0.1) is 0 Å². The molecule has 0 amide bonds. The fraction of sp³-hybridized carbons (Fsp3) is 0.444. The Labute approximate surface area is 81.8 Å². The average molecular weight is 196 g/mol. The molecule has 1 heterocycles.